The third-order valence-corrected chi connectivity index (χ3v) is 8.06. The molecule has 9 heteroatoms. The van der Waals surface area contributed by atoms with Gasteiger partial charge in [-0.15, -0.1) is 0 Å². The number of likely N-dealkylation sites (tertiary alicyclic amines) is 1. The molecule has 0 radical (unpaired) electrons. The summed E-state index contributed by atoms with van der Waals surface area (Å²) >= 11 is 0. The van der Waals surface area contributed by atoms with Crippen molar-refractivity contribution in [2.75, 3.05) is 32.2 Å². The van der Waals surface area contributed by atoms with Crippen molar-refractivity contribution < 1.29 is 28.6 Å². The lowest BCUT2D eigenvalue weighted by atomic mass is 9.74. The number of ether oxygens (including phenoxy) is 3. The van der Waals surface area contributed by atoms with Crippen LogP contribution in [0.3, 0.4) is 0 Å². The average Bonchev–Trinajstić information content (AvgIpc) is 3.54. The van der Waals surface area contributed by atoms with Gasteiger partial charge in [0.25, 0.3) is 0 Å². The maximum atomic E-state index is 13.9. The smallest absolute Gasteiger partial charge is 0.246 e. The van der Waals surface area contributed by atoms with Crippen molar-refractivity contribution in [3.8, 4) is 5.75 Å². The Morgan fingerprint density at radius 2 is 1.89 bits per heavy atom. The fourth-order valence-corrected chi connectivity index (χ4v) is 6.44. The molecular weight excluding hydrogens is 474 g/mol. The summed E-state index contributed by atoms with van der Waals surface area (Å²) in [4.78, 5) is 42.7. The minimum Gasteiger partial charge on any atom is -0.494 e. The first-order chi connectivity index (χ1) is 18.0. The molecule has 1 saturated carbocycles. The molecule has 3 fully saturated rings. The summed E-state index contributed by atoms with van der Waals surface area (Å²) in [5, 5.41) is 6.15. The van der Waals surface area contributed by atoms with E-state index >= 15 is 0 Å². The van der Waals surface area contributed by atoms with Crippen molar-refractivity contribution in [2.24, 2.45) is 11.8 Å². The molecule has 1 spiro atoms. The van der Waals surface area contributed by atoms with Crippen LogP contribution in [0.4, 0.5) is 5.69 Å². The summed E-state index contributed by atoms with van der Waals surface area (Å²) in [5.41, 5.74) is -0.530. The van der Waals surface area contributed by atoms with Gasteiger partial charge in [-0.2, -0.15) is 0 Å². The maximum absolute atomic E-state index is 13.9. The van der Waals surface area contributed by atoms with Crippen LogP contribution in [-0.2, 0) is 23.9 Å². The number of carbonyl (C=O) groups is 3. The highest BCUT2D eigenvalue weighted by Gasteiger charge is 2.72. The number of amides is 3. The Hall–Kier alpha value is -2.91. The Labute approximate surface area is 217 Å². The number of nitrogens with one attached hydrogen (secondary N) is 2. The third kappa shape index (κ3) is 4.75. The number of fused-ring (bicyclic) bond motifs is 1. The number of anilines is 1. The number of rotatable bonds is 10. The van der Waals surface area contributed by atoms with Gasteiger partial charge in [0.15, 0.2) is 0 Å². The summed E-state index contributed by atoms with van der Waals surface area (Å²) < 4.78 is 17.1. The van der Waals surface area contributed by atoms with Gasteiger partial charge < -0.3 is 29.7 Å². The number of carbonyl (C=O) groups excluding carboxylic acids is 3. The number of hydrogen-bond acceptors (Lipinski definition) is 6. The van der Waals surface area contributed by atoms with E-state index in [0.29, 0.717) is 31.9 Å². The quantitative estimate of drug-likeness (QED) is 0.370. The second-order valence-corrected chi connectivity index (χ2v) is 10.4. The lowest BCUT2D eigenvalue weighted by Gasteiger charge is -2.34. The topological polar surface area (TPSA) is 106 Å². The predicted octanol–water partition coefficient (Wildman–Crippen LogP) is 2.66. The van der Waals surface area contributed by atoms with Crippen LogP contribution < -0.4 is 15.4 Å². The first kappa shape index (κ1) is 25.7. The fourth-order valence-electron chi connectivity index (χ4n) is 6.44. The van der Waals surface area contributed by atoms with Crippen molar-refractivity contribution in [2.45, 2.75) is 69.2 Å². The molecule has 1 aliphatic carbocycles. The van der Waals surface area contributed by atoms with Crippen molar-refractivity contribution in [3.63, 3.8) is 0 Å². The molecule has 0 aromatic heterocycles. The first-order valence-electron chi connectivity index (χ1n) is 13.5. The molecule has 200 valence electrons. The molecular formula is C28H37N3O6. The summed E-state index contributed by atoms with van der Waals surface area (Å²) in [5.74, 6) is -1.45. The van der Waals surface area contributed by atoms with E-state index in [4.69, 9.17) is 14.2 Å². The van der Waals surface area contributed by atoms with Gasteiger partial charge in [0.2, 0.25) is 17.7 Å². The van der Waals surface area contributed by atoms with Gasteiger partial charge in [0.05, 0.1) is 24.5 Å². The zero-order valence-electron chi connectivity index (χ0n) is 21.6. The summed E-state index contributed by atoms with van der Waals surface area (Å²) in [7, 11) is 1.61. The summed E-state index contributed by atoms with van der Waals surface area (Å²) in [6.07, 6.45) is 8.98. The average molecular weight is 512 g/mol. The van der Waals surface area contributed by atoms with Crippen LogP contribution in [-0.4, -0.2) is 73.3 Å². The van der Waals surface area contributed by atoms with Crippen LogP contribution >= 0.6 is 0 Å². The van der Waals surface area contributed by atoms with Crippen molar-refractivity contribution in [1.82, 2.24) is 10.2 Å². The zero-order valence-corrected chi connectivity index (χ0v) is 21.6. The van der Waals surface area contributed by atoms with E-state index in [2.05, 4.69) is 10.6 Å². The minimum absolute atomic E-state index is 0.106. The lowest BCUT2D eigenvalue weighted by Crippen LogP contribution is -2.56. The second-order valence-electron chi connectivity index (χ2n) is 10.4. The van der Waals surface area contributed by atoms with E-state index in [1.807, 2.05) is 19.1 Å². The molecule has 3 heterocycles. The van der Waals surface area contributed by atoms with E-state index in [9.17, 15) is 14.4 Å². The fraction of sp³-hybridized carbons (Fsp3) is 0.607. The molecule has 2 N–H and O–H groups in total. The van der Waals surface area contributed by atoms with Gasteiger partial charge in [0, 0.05) is 32.0 Å². The van der Waals surface area contributed by atoms with E-state index in [1.165, 1.54) is 6.42 Å². The minimum atomic E-state index is -1.14. The Morgan fingerprint density at radius 3 is 2.59 bits per heavy atom. The lowest BCUT2D eigenvalue weighted by molar-refractivity contribution is -0.141. The molecule has 2 saturated heterocycles. The van der Waals surface area contributed by atoms with E-state index in [0.717, 1.165) is 31.4 Å². The van der Waals surface area contributed by atoms with Gasteiger partial charge in [-0.25, -0.2) is 0 Å². The molecule has 5 rings (SSSR count). The van der Waals surface area contributed by atoms with E-state index in [1.54, 1.807) is 36.3 Å². The SMILES string of the molecule is CCOc1ccc(NC(=O)C2[C@H]3C=CC4(O3)C(C(=O)NC3CCCCC3)N(CCCOC)C(=O)[C@@H]24)cc1. The Balaban J connectivity index is 1.38. The van der Waals surface area contributed by atoms with Crippen molar-refractivity contribution in [1.29, 1.82) is 0 Å². The van der Waals surface area contributed by atoms with E-state index in [-0.39, 0.29) is 23.8 Å². The molecule has 3 amide bonds. The van der Waals surface area contributed by atoms with Gasteiger partial charge in [-0.1, -0.05) is 31.4 Å². The van der Waals surface area contributed by atoms with Gasteiger partial charge in [-0.05, 0) is 50.5 Å². The Kier molecular flexibility index (Phi) is 7.53. The molecule has 1 aromatic rings. The van der Waals surface area contributed by atoms with Gasteiger partial charge >= 0.3 is 0 Å². The summed E-state index contributed by atoms with van der Waals surface area (Å²) in [6.45, 7) is 3.30. The van der Waals surface area contributed by atoms with Gasteiger partial charge in [-0.3, -0.25) is 14.4 Å². The molecule has 4 aliphatic rings. The van der Waals surface area contributed by atoms with Crippen molar-refractivity contribution in [3.05, 3.63) is 36.4 Å². The number of hydrogen-bond donors (Lipinski definition) is 2. The van der Waals surface area contributed by atoms with Crippen LogP contribution in [0, 0.1) is 11.8 Å². The highest BCUT2D eigenvalue weighted by Crippen LogP contribution is 2.55. The monoisotopic (exact) mass is 511 g/mol. The Morgan fingerprint density at radius 1 is 1.14 bits per heavy atom. The van der Waals surface area contributed by atoms with Crippen LogP contribution in [0.1, 0.15) is 45.4 Å². The zero-order chi connectivity index (χ0) is 26.0. The largest absolute Gasteiger partial charge is 0.494 e. The predicted molar refractivity (Wildman–Crippen MR) is 137 cm³/mol. The maximum Gasteiger partial charge on any atom is 0.246 e. The second kappa shape index (κ2) is 10.8. The highest BCUT2D eigenvalue weighted by molar-refractivity contribution is 6.02. The van der Waals surface area contributed by atoms with Gasteiger partial charge in [0.1, 0.15) is 17.4 Å². The van der Waals surface area contributed by atoms with Crippen LogP contribution in [0.25, 0.3) is 0 Å². The molecule has 2 bridgehead atoms. The molecule has 9 nitrogen and oxygen atoms in total. The molecule has 3 aliphatic heterocycles. The third-order valence-electron chi connectivity index (χ3n) is 8.06. The molecule has 37 heavy (non-hydrogen) atoms. The summed E-state index contributed by atoms with van der Waals surface area (Å²) in [6, 6.07) is 6.43. The molecule has 3 unspecified atom stereocenters. The molecule has 5 atom stereocenters. The standard InChI is InChI=1S/C28H37N3O6/c1-3-36-20-12-10-19(11-13-20)29-25(32)22-21-14-15-28(37-21)23(22)27(34)31(16-7-17-35-2)24(28)26(33)30-18-8-5-4-6-9-18/h10-15,18,21-24H,3-9,16-17H2,1-2H3,(H,29,32)(H,30,33)/t21-,22?,23-,24?,28?/m1/s1. The number of benzene rings is 1. The van der Waals surface area contributed by atoms with Crippen LogP contribution in [0.2, 0.25) is 0 Å². The van der Waals surface area contributed by atoms with Crippen LogP contribution in [0.5, 0.6) is 5.75 Å². The normalized spacial score (nSPS) is 30.4. The van der Waals surface area contributed by atoms with E-state index < -0.39 is 29.6 Å². The number of nitrogens with zero attached hydrogens (tertiary/aromatic N) is 1. The van der Waals surface area contributed by atoms with Crippen molar-refractivity contribution >= 4 is 23.4 Å². The highest BCUT2D eigenvalue weighted by atomic mass is 16.5. The number of methoxy groups -OCH3 is 1. The van der Waals surface area contributed by atoms with Crippen LogP contribution in [0.15, 0.2) is 36.4 Å². The molecule has 1 aromatic carbocycles. The first-order valence-corrected chi connectivity index (χ1v) is 13.5. The Bertz CT molecular complexity index is 1040.